The Bertz CT molecular complexity index is 1360. The summed E-state index contributed by atoms with van der Waals surface area (Å²) in [5.41, 5.74) is 9.35. The van der Waals surface area contributed by atoms with Crippen LogP contribution in [0.2, 0.25) is 0 Å². The van der Waals surface area contributed by atoms with Crippen molar-refractivity contribution in [3.63, 3.8) is 0 Å². The van der Waals surface area contributed by atoms with Gasteiger partial charge in [0, 0.05) is 30.7 Å². The van der Waals surface area contributed by atoms with Gasteiger partial charge in [0.15, 0.2) is 0 Å². The van der Waals surface area contributed by atoms with E-state index in [-0.39, 0.29) is 5.41 Å². The van der Waals surface area contributed by atoms with E-state index in [0.29, 0.717) is 13.1 Å². The van der Waals surface area contributed by atoms with Gasteiger partial charge in [-0.15, -0.1) is 10.2 Å². The molecule has 3 aromatic carbocycles. The van der Waals surface area contributed by atoms with Crippen LogP contribution >= 0.6 is 0 Å². The number of hydrogen-bond donors (Lipinski definition) is 0. The Hall–Kier alpha value is -4.06. The molecular formula is C27H22N6. The average Bonchev–Trinajstić information content (AvgIpc) is 3.54. The molecule has 0 radical (unpaired) electrons. The summed E-state index contributed by atoms with van der Waals surface area (Å²) in [6.45, 7) is 1.42. The smallest absolute Gasteiger partial charge is 0.0839 e. The van der Waals surface area contributed by atoms with Crippen LogP contribution in [0.3, 0.4) is 0 Å². The lowest BCUT2D eigenvalue weighted by Gasteiger charge is -2.30. The molecule has 0 amide bonds. The molecule has 2 aliphatic heterocycles. The molecule has 6 heteroatoms. The van der Waals surface area contributed by atoms with E-state index >= 15 is 0 Å². The van der Waals surface area contributed by atoms with Gasteiger partial charge in [-0.25, -0.2) is 9.36 Å². The number of benzene rings is 3. The number of nitrogens with zero attached hydrogens (tertiary/aromatic N) is 6. The SMILES string of the molecule is c1ccc2c(c1)-c1ccccc1C21Cc2cn(nn2)Cc2ccc(cc2)Cn2cc(nn2)C1. The molecule has 0 N–H and O–H groups in total. The van der Waals surface area contributed by atoms with Crippen molar-refractivity contribution in [1.29, 1.82) is 0 Å². The summed E-state index contributed by atoms with van der Waals surface area (Å²) in [6, 6.07) is 26.1. The maximum absolute atomic E-state index is 4.60. The van der Waals surface area contributed by atoms with Gasteiger partial charge in [0.25, 0.3) is 0 Å². The fourth-order valence-electron chi connectivity index (χ4n) is 5.60. The predicted molar refractivity (Wildman–Crippen MR) is 125 cm³/mol. The minimum Gasteiger partial charge on any atom is -0.248 e. The van der Waals surface area contributed by atoms with Crippen molar-refractivity contribution in [2.45, 2.75) is 31.3 Å². The van der Waals surface area contributed by atoms with Gasteiger partial charge in [-0.1, -0.05) is 83.2 Å². The Balaban J connectivity index is 1.44. The summed E-state index contributed by atoms with van der Waals surface area (Å²) in [5, 5.41) is 18.1. The molecule has 2 aromatic heterocycles. The van der Waals surface area contributed by atoms with Crippen molar-refractivity contribution in [1.82, 2.24) is 30.0 Å². The second kappa shape index (κ2) is 6.97. The Morgan fingerprint density at radius 3 is 1.52 bits per heavy atom. The van der Waals surface area contributed by atoms with Crippen LogP contribution in [0, 0.1) is 0 Å². The maximum atomic E-state index is 4.60. The van der Waals surface area contributed by atoms with Crippen LogP contribution in [0.5, 0.6) is 0 Å². The molecular weight excluding hydrogens is 408 g/mol. The summed E-state index contributed by atoms with van der Waals surface area (Å²) in [6.07, 6.45) is 5.70. The van der Waals surface area contributed by atoms with E-state index < -0.39 is 0 Å². The zero-order chi connectivity index (χ0) is 21.8. The van der Waals surface area contributed by atoms with Crippen LogP contribution in [0.25, 0.3) is 11.1 Å². The molecule has 160 valence electrons. The van der Waals surface area contributed by atoms with Gasteiger partial charge in [0.05, 0.1) is 24.5 Å². The third-order valence-electron chi connectivity index (χ3n) is 7.03. The van der Waals surface area contributed by atoms with Crippen molar-refractivity contribution >= 4 is 0 Å². The molecule has 33 heavy (non-hydrogen) atoms. The zero-order valence-electron chi connectivity index (χ0n) is 18.1. The van der Waals surface area contributed by atoms with E-state index in [4.69, 9.17) is 0 Å². The molecule has 8 rings (SSSR count). The second-order valence-electron chi connectivity index (χ2n) is 9.16. The van der Waals surface area contributed by atoms with Crippen LogP contribution in [0.4, 0.5) is 0 Å². The summed E-state index contributed by atoms with van der Waals surface area (Å²) < 4.78 is 3.89. The Morgan fingerprint density at radius 1 is 0.576 bits per heavy atom. The molecule has 0 fully saturated rings. The minimum atomic E-state index is -0.273. The highest BCUT2D eigenvalue weighted by Gasteiger charge is 2.44. The summed E-state index contributed by atoms with van der Waals surface area (Å²) in [5.74, 6) is 0. The van der Waals surface area contributed by atoms with E-state index in [1.54, 1.807) is 0 Å². The molecule has 6 bridgehead atoms. The monoisotopic (exact) mass is 430 g/mol. The lowest BCUT2D eigenvalue weighted by atomic mass is 9.71. The van der Waals surface area contributed by atoms with E-state index in [0.717, 1.165) is 24.2 Å². The van der Waals surface area contributed by atoms with Crippen molar-refractivity contribution in [3.8, 4) is 11.1 Å². The summed E-state index contributed by atoms with van der Waals surface area (Å²) in [7, 11) is 0. The Kier molecular flexibility index (Phi) is 3.91. The van der Waals surface area contributed by atoms with Crippen LogP contribution in [-0.4, -0.2) is 30.0 Å². The van der Waals surface area contributed by atoms with Crippen molar-refractivity contribution < 1.29 is 0 Å². The topological polar surface area (TPSA) is 61.4 Å². The van der Waals surface area contributed by atoms with E-state index in [9.17, 15) is 0 Å². The van der Waals surface area contributed by atoms with Crippen molar-refractivity contribution in [2.24, 2.45) is 0 Å². The highest BCUT2D eigenvalue weighted by atomic mass is 15.4. The van der Waals surface area contributed by atoms with E-state index in [1.165, 1.54) is 33.4 Å². The fourth-order valence-corrected chi connectivity index (χ4v) is 5.60. The van der Waals surface area contributed by atoms with Crippen molar-refractivity contribution in [2.75, 3.05) is 0 Å². The molecule has 0 saturated heterocycles. The maximum Gasteiger partial charge on any atom is 0.0839 e. The summed E-state index contributed by atoms with van der Waals surface area (Å²) in [4.78, 5) is 0. The van der Waals surface area contributed by atoms with Gasteiger partial charge >= 0.3 is 0 Å². The molecule has 5 aromatic rings. The summed E-state index contributed by atoms with van der Waals surface area (Å²) >= 11 is 0. The van der Waals surface area contributed by atoms with E-state index in [2.05, 4.69) is 106 Å². The number of hydrogen-bond acceptors (Lipinski definition) is 4. The molecule has 1 aliphatic carbocycles. The third kappa shape index (κ3) is 2.94. The van der Waals surface area contributed by atoms with Gasteiger partial charge in [-0.05, 0) is 33.4 Å². The first-order valence-corrected chi connectivity index (χ1v) is 11.3. The predicted octanol–water partition coefficient (Wildman–Crippen LogP) is 4.03. The minimum absolute atomic E-state index is 0.273. The van der Waals surface area contributed by atoms with Gasteiger partial charge in [0.1, 0.15) is 0 Å². The van der Waals surface area contributed by atoms with Crippen LogP contribution < -0.4 is 0 Å². The standard InChI is InChI=1S/C27H22N6/c1-3-7-25-23(5-1)24-6-2-4-8-26(24)27(25)13-21-17-32(30-28-21)15-19-9-10-20(12-11-19)16-33-18-22(14-27)29-31-33/h1-12,17-18H,13-16H2. The Labute approximate surface area is 191 Å². The number of aromatic nitrogens is 6. The molecule has 6 nitrogen and oxygen atoms in total. The lowest BCUT2D eigenvalue weighted by molar-refractivity contribution is 0.506. The van der Waals surface area contributed by atoms with Gasteiger partial charge < -0.3 is 0 Å². The molecule has 4 heterocycles. The average molecular weight is 431 g/mol. The van der Waals surface area contributed by atoms with E-state index in [1.807, 2.05) is 9.36 Å². The molecule has 3 aliphatic rings. The molecule has 0 atom stereocenters. The largest absolute Gasteiger partial charge is 0.248 e. The second-order valence-corrected chi connectivity index (χ2v) is 9.16. The first-order valence-electron chi connectivity index (χ1n) is 11.3. The molecule has 1 spiro atoms. The highest BCUT2D eigenvalue weighted by Crippen LogP contribution is 2.51. The first-order chi connectivity index (χ1) is 16.3. The highest BCUT2D eigenvalue weighted by molar-refractivity contribution is 5.81. The number of rotatable bonds is 0. The zero-order valence-corrected chi connectivity index (χ0v) is 18.1. The number of fused-ring (bicyclic) bond motifs is 5. The van der Waals surface area contributed by atoms with Crippen LogP contribution in [0.15, 0.2) is 85.2 Å². The molecule has 0 unspecified atom stereocenters. The molecule has 0 saturated carbocycles. The first kappa shape index (κ1) is 18.5. The Morgan fingerprint density at radius 2 is 1.03 bits per heavy atom. The third-order valence-corrected chi connectivity index (χ3v) is 7.03. The van der Waals surface area contributed by atoms with Gasteiger partial charge in [0.2, 0.25) is 0 Å². The van der Waals surface area contributed by atoms with Gasteiger partial charge in [-0.2, -0.15) is 0 Å². The van der Waals surface area contributed by atoms with Crippen LogP contribution in [-0.2, 0) is 31.3 Å². The lowest BCUT2D eigenvalue weighted by Crippen LogP contribution is -2.31. The quantitative estimate of drug-likeness (QED) is 0.372. The fraction of sp³-hybridized carbons (Fsp3) is 0.185. The van der Waals surface area contributed by atoms with Crippen molar-refractivity contribution in [3.05, 3.63) is 119 Å². The van der Waals surface area contributed by atoms with Crippen LogP contribution in [0.1, 0.15) is 33.6 Å². The normalized spacial score (nSPS) is 15.6. The van der Waals surface area contributed by atoms with Gasteiger partial charge in [-0.3, -0.25) is 0 Å².